The zero-order chi connectivity index (χ0) is 27.1. The molecule has 0 aliphatic rings. The van der Waals surface area contributed by atoms with Crippen molar-refractivity contribution < 1.29 is 14.7 Å². The Hall–Kier alpha value is -3.41. The summed E-state index contributed by atoms with van der Waals surface area (Å²) in [5, 5.41) is 14.0. The van der Waals surface area contributed by atoms with E-state index in [-0.39, 0.29) is 24.8 Å². The van der Waals surface area contributed by atoms with Crippen molar-refractivity contribution in [1.82, 2.24) is 10.3 Å². The number of aryl methyl sites for hydroxylation is 2. The first-order valence-corrected chi connectivity index (χ1v) is 13.4. The molecule has 0 aliphatic heterocycles. The molecule has 1 amide bonds. The van der Waals surface area contributed by atoms with E-state index in [1.54, 1.807) is 12.1 Å². The molecule has 196 valence electrons. The summed E-state index contributed by atoms with van der Waals surface area (Å²) in [5.41, 5.74) is 6.16. The minimum absolute atomic E-state index is 0.101. The molecular formula is C31H30Cl2N2O3. The van der Waals surface area contributed by atoms with E-state index in [0.717, 1.165) is 52.7 Å². The number of hydrogen-bond donors (Lipinski definition) is 2. The van der Waals surface area contributed by atoms with Crippen LogP contribution in [0.3, 0.4) is 0 Å². The zero-order valence-corrected chi connectivity index (χ0v) is 22.7. The number of amides is 1. The van der Waals surface area contributed by atoms with Crippen LogP contribution >= 0.6 is 23.2 Å². The fourth-order valence-corrected chi connectivity index (χ4v) is 5.18. The number of hydrogen-bond acceptors (Lipinski definition) is 3. The third-order valence-electron chi connectivity index (χ3n) is 6.75. The van der Waals surface area contributed by atoms with E-state index in [1.807, 2.05) is 49.5 Å². The summed E-state index contributed by atoms with van der Waals surface area (Å²) in [6.45, 7) is 2.13. The smallest absolute Gasteiger partial charge is 0.305 e. The Balaban J connectivity index is 1.49. The number of aromatic nitrogens is 1. The molecule has 1 atom stereocenters. The van der Waals surface area contributed by atoms with Crippen molar-refractivity contribution >= 4 is 46.0 Å². The number of benzene rings is 3. The van der Waals surface area contributed by atoms with Crippen LogP contribution in [0.15, 0.2) is 72.9 Å². The fourth-order valence-electron chi connectivity index (χ4n) is 4.78. The van der Waals surface area contributed by atoms with Crippen molar-refractivity contribution in [3.05, 3.63) is 111 Å². The molecule has 5 nitrogen and oxygen atoms in total. The summed E-state index contributed by atoms with van der Waals surface area (Å²) < 4.78 is 0. The lowest BCUT2D eigenvalue weighted by Gasteiger charge is -2.19. The molecule has 7 heteroatoms. The Labute approximate surface area is 232 Å². The lowest BCUT2D eigenvalue weighted by atomic mass is 9.86. The molecule has 0 saturated carbocycles. The number of nitrogens with zero attached hydrogens (tertiary/aromatic N) is 1. The zero-order valence-electron chi connectivity index (χ0n) is 21.2. The topological polar surface area (TPSA) is 79.3 Å². The number of carbonyl (C=O) groups is 2. The van der Waals surface area contributed by atoms with Crippen LogP contribution in [0.4, 0.5) is 0 Å². The van der Waals surface area contributed by atoms with Gasteiger partial charge in [0.25, 0.3) is 5.91 Å². The predicted octanol–water partition coefficient (Wildman–Crippen LogP) is 7.40. The first-order valence-electron chi connectivity index (χ1n) is 12.7. The number of pyridine rings is 1. The van der Waals surface area contributed by atoms with Crippen LogP contribution in [0.1, 0.15) is 57.8 Å². The van der Waals surface area contributed by atoms with Crippen molar-refractivity contribution in [3.8, 4) is 0 Å². The minimum atomic E-state index is -0.941. The highest BCUT2D eigenvalue weighted by Gasteiger charge is 2.15. The van der Waals surface area contributed by atoms with Gasteiger partial charge in [-0.1, -0.05) is 47.5 Å². The van der Waals surface area contributed by atoms with Crippen LogP contribution in [-0.4, -0.2) is 28.5 Å². The molecule has 0 bridgehead atoms. The molecule has 0 radical (unpaired) electrons. The molecule has 0 fully saturated rings. The van der Waals surface area contributed by atoms with Gasteiger partial charge in [0.15, 0.2) is 0 Å². The molecule has 1 heterocycles. The standard InChI is InChI=1S/C31H30Cl2N2O3/c1-20-17-27(33)19-28-23(13-15-34-30(20)28)3-2-4-25(18-21-5-11-26(32)12-6-21)22-7-9-24(10-8-22)31(38)35-16-14-29(36)37/h5-13,15,17,19,25H,2-4,14,16,18H2,1H3,(H,35,38)(H,36,37). The number of halogens is 2. The molecule has 1 unspecified atom stereocenters. The molecule has 0 saturated heterocycles. The van der Waals surface area contributed by atoms with Gasteiger partial charge in [-0.15, -0.1) is 0 Å². The number of fused-ring (bicyclic) bond motifs is 1. The van der Waals surface area contributed by atoms with Gasteiger partial charge in [0, 0.05) is 33.7 Å². The first kappa shape index (κ1) is 27.6. The summed E-state index contributed by atoms with van der Waals surface area (Å²) >= 11 is 12.4. The molecular weight excluding hydrogens is 519 g/mol. The quantitative estimate of drug-likeness (QED) is 0.204. The van der Waals surface area contributed by atoms with Crippen molar-refractivity contribution in [3.63, 3.8) is 0 Å². The van der Waals surface area contributed by atoms with Gasteiger partial charge >= 0.3 is 5.97 Å². The maximum Gasteiger partial charge on any atom is 0.305 e. The molecule has 0 spiro atoms. The monoisotopic (exact) mass is 548 g/mol. The van der Waals surface area contributed by atoms with Gasteiger partial charge in [-0.3, -0.25) is 14.6 Å². The maximum absolute atomic E-state index is 12.4. The normalized spacial score (nSPS) is 11.9. The van der Waals surface area contributed by atoms with Crippen LogP contribution in [0.2, 0.25) is 10.0 Å². The Kier molecular flexibility index (Phi) is 9.38. The second-order valence-corrected chi connectivity index (χ2v) is 10.4. The molecule has 38 heavy (non-hydrogen) atoms. The Bertz CT molecular complexity index is 1420. The first-order chi connectivity index (χ1) is 18.3. The number of carbonyl (C=O) groups excluding carboxylic acids is 1. The second kappa shape index (κ2) is 12.9. The molecule has 1 aromatic heterocycles. The van der Waals surface area contributed by atoms with E-state index in [1.165, 1.54) is 11.1 Å². The van der Waals surface area contributed by atoms with Gasteiger partial charge in [-0.2, -0.15) is 0 Å². The molecule has 2 N–H and O–H groups in total. The lowest BCUT2D eigenvalue weighted by Crippen LogP contribution is -2.25. The molecule has 4 rings (SSSR count). The number of rotatable bonds is 11. The van der Waals surface area contributed by atoms with E-state index >= 15 is 0 Å². The van der Waals surface area contributed by atoms with Gasteiger partial charge < -0.3 is 10.4 Å². The lowest BCUT2D eigenvalue weighted by molar-refractivity contribution is -0.136. The minimum Gasteiger partial charge on any atom is -0.481 e. The third-order valence-corrected chi connectivity index (χ3v) is 7.22. The SMILES string of the molecule is Cc1cc(Cl)cc2c(CCCC(Cc3ccc(Cl)cc3)c3ccc(C(=O)NCCC(=O)O)cc3)ccnc12. The van der Waals surface area contributed by atoms with Gasteiger partial charge in [0.1, 0.15) is 0 Å². The van der Waals surface area contributed by atoms with Crippen molar-refractivity contribution in [2.75, 3.05) is 6.54 Å². The van der Waals surface area contributed by atoms with Gasteiger partial charge in [-0.25, -0.2) is 0 Å². The molecule has 4 aromatic rings. The summed E-state index contributed by atoms with van der Waals surface area (Å²) in [6, 6.07) is 21.6. The fraction of sp³-hybridized carbons (Fsp3) is 0.258. The molecule has 0 aliphatic carbocycles. The number of carboxylic acids is 1. The number of carboxylic acid groups (broad SMARTS) is 1. The summed E-state index contributed by atoms with van der Waals surface area (Å²) in [4.78, 5) is 27.6. The highest BCUT2D eigenvalue weighted by Crippen LogP contribution is 2.30. The van der Waals surface area contributed by atoms with Crippen molar-refractivity contribution in [2.45, 2.75) is 44.9 Å². The summed E-state index contributed by atoms with van der Waals surface area (Å²) in [7, 11) is 0. The van der Waals surface area contributed by atoms with Crippen molar-refractivity contribution in [1.29, 1.82) is 0 Å². The highest BCUT2D eigenvalue weighted by atomic mass is 35.5. The Morgan fingerprint density at radius 1 is 0.974 bits per heavy atom. The average Bonchev–Trinajstić information content (AvgIpc) is 2.89. The Morgan fingerprint density at radius 2 is 1.71 bits per heavy atom. The van der Waals surface area contributed by atoms with E-state index in [4.69, 9.17) is 28.3 Å². The average molecular weight is 549 g/mol. The summed E-state index contributed by atoms with van der Waals surface area (Å²) in [5.74, 6) is -0.965. The van der Waals surface area contributed by atoms with E-state index in [9.17, 15) is 9.59 Å². The van der Waals surface area contributed by atoms with E-state index in [2.05, 4.69) is 28.5 Å². The van der Waals surface area contributed by atoms with Crippen LogP contribution in [-0.2, 0) is 17.6 Å². The van der Waals surface area contributed by atoms with Crippen molar-refractivity contribution in [2.24, 2.45) is 0 Å². The van der Waals surface area contributed by atoms with Gasteiger partial charge in [0.05, 0.1) is 11.9 Å². The second-order valence-electron chi connectivity index (χ2n) is 9.53. The van der Waals surface area contributed by atoms with Crippen LogP contribution in [0.25, 0.3) is 10.9 Å². The third kappa shape index (κ3) is 7.33. The van der Waals surface area contributed by atoms with Gasteiger partial charge in [-0.05, 0) is 103 Å². The van der Waals surface area contributed by atoms with Crippen LogP contribution in [0.5, 0.6) is 0 Å². The predicted molar refractivity (Wildman–Crippen MR) is 153 cm³/mol. The Morgan fingerprint density at radius 3 is 2.42 bits per heavy atom. The van der Waals surface area contributed by atoms with Gasteiger partial charge in [0.2, 0.25) is 0 Å². The van der Waals surface area contributed by atoms with E-state index < -0.39 is 5.97 Å². The maximum atomic E-state index is 12.4. The van der Waals surface area contributed by atoms with Crippen LogP contribution < -0.4 is 5.32 Å². The summed E-state index contributed by atoms with van der Waals surface area (Å²) in [6.07, 6.45) is 5.44. The number of nitrogens with one attached hydrogen (secondary N) is 1. The molecule has 3 aromatic carbocycles. The van der Waals surface area contributed by atoms with Crippen LogP contribution in [0, 0.1) is 6.92 Å². The highest BCUT2D eigenvalue weighted by molar-refractivity contribution is 6.31. The number of aliphatic carboxylic acids is 1. The van der Waals surface area contributed by atoms with E-state index in [0.29, 0.717) is 10.6 Å². The largest absolute Gasteiger partial charge is 0.481 e.